The third-order valence-corrected chi connectivity index (χ3v) is 3.60. The Labute approximate surface area is 94.7 Å². The van der Waals surface area contributed by atoms with E-state index in [1.54, 1.807) is 13.1 Å². The van der Waals surface area contributed by atoms with Gasteiger partial charge in [-0.3, -0.25) is 0 Å². The molecule has 2 aliphatic heterocycles. The number of nitrogens with zero attached hydrogens (tertiary/aromatic N) is 2. The number of fused-ring (bicyclic) bond motifs is 2. The lowest BCUT2D eigenvalue weighted by Crippen LogP contribution is -2.41. The van der Waals surface area contributed by atoms with Crippen LogP contribution in [0.5, 0.6) is 0 Å². The number of halogens is 1. The molecule has 3 nitrogen and oxygen atoms in total. The number of hydrogen-bond acceptors (Lipinski definition) is 3. The quantitative estimate of drug-likeness (QED) is 0.725. The van der Waals surface area contributed by atoms with Crippen molar-refractivity contribution < 1.29 is 4.39 Å². The number of hydrogen-bond donors (Lipinski definition) is 1. The predicted molar refractivity (Wildman–Crippen MR) is 61.0 cm³/mol. The fourth-order valence-corrected chi connectivity index (χ4v) is 2.76. The predicted octanol–water partition coefficient (Wildman–Crippen LogP) is 1.33. The Morgan fingerprint density at radius 2 is 2.38 bits per heavy atom. The average molecular weight is 221 g/mol. The number of aromatic nitrogens is 1. The van der Waals surface area contributed by atoms with E-state index >= 15 is 0 Å². The van der Waals surface area contributed by atoms with Crippen LogP contribution in [0.1, 0.15) is 12.0 Å². The first-order chi connectivity index (χ1) is 7.72. The molecule has 2 aliphatic rings. The molecule has 0 unspecified atom stereocenters. The fraction of sp³-hybridized carbons (Fsp3) is 0.583. The van der Waals surface area contributed by atoms with E-state index in [1.807, 2.05) is 6.07 Å². The van der Waals surface area contributed by atoms with Crippen molar-refractivity contribution in [2.24, 2.45) is 5.92 Å². The first-order valence-corrected chi connectivity index (χ1v) is 5.83. The van der Waals surface area contributed by atoms with Crippen molar-refractivity contribution in [3.8, 4) is 0 Å². The molecule has 1 aromatic rings. The van der Waals surface area contributed by atoms with Crippen molar-refractivity contribution in [2.75, 3.05) is 24.5 Å². The molecule has 16 heavy (non-hydrogen) atoms. The molecule has 0 saturated carbocycles. The third kappa shape index (κ3) is 1.67. The van der Waals surface area contributed by atoms with Crippen LogP contribution in [0.2, 0.25) is 0 Å². The van der Waals surface area contributed by atoms with Gasteiger partial charge in [-0.2, -0.15) is 4.39 Å². The molecule has 0 aromatic carbocycles. The molecule has 1 aromatic heterocycles. The molecule has 1 N–H and O–H groups in total. The van der Waals surface area contributed by atoms with Crippen LogP contribution in [-0.2, 0) is 0 Å². The maximum absolute atomic E-state index is 13.1. The van der Waals surface area contributed by atoms with Crippen LogP contribution >= 0.6 is 0 Å². The molecule has 2 fully saturated rings. The molecule has 0 amide bonds. The second-order valence-electron chi connectivity index (χ2n) is 4.91. The summed E-state index contributed by atoms with van der Waals surface area (Å²) in [5.74, 6) is 0.381. The molecule has 3 heterocycles. The normalized spacial score (nSPS) is 28.5. The first kappa shape index (κ1) is 10.0. The number of nitrogens with one attached hydrogen (secondary N) is 1. The lowest BCUT2D eigenvalue weighted by Gasteiger charge is -2.32. The summed E-state index contributed by atoms with van der Waals surface area (Å²) in [6, 6.07) is 2.50. The van der Waals surface area contributed by atoms with Gasteiger partial charge in [0.05, 0.1) is 11.9 Å². The zero-order valence-electron chi connectivity index (χ0n) is 9.41. The van der Waals surface area contributed by atoms with E-state index in [0.717, 1.165) is 31.2 Å². The molecule has 2 bridgehead atoms. The second kappa shape index (κ2) is 3.70. The fourth-order valence-electron chi connectivity index (χ4n) is 2.76. The van der Waals surface area contributed by atoms with E-state index in [1.165, 1.54) is 6.42 Å². The van der Waals surface area contributed by atoms with Gasteiger partial charge in [-0.15, -0.1) is 0 Å². The topological polar surface area (TPSA) is 28.2 Å². The molecule has 0 aliphatic carbocycles. The molecule has 0 spiro atoms. The smallest absolute Gasteiger partial charge is 0.215 e. The van der Waals surface area contributed by atoms with E-state index in [4.69, 9.17) is 0 Å². The van der Waals surface area contributed by atoms with Gasteiger partial charge >= 0.3 is 0 Å². The van der Waals surface area contributed by atoms with E-state index in [-0.39, 0.29) is 5.95 Å². The summed E-state index contributed by atoms with van der Waals surface area (Å²) in [4.78, 5) is 6.11. The number of anilines is 1. The van der Waals surface area contributed by atoms with Crippen molar-refractivity contribution in [3.05, 3.63) is 23.8 Å². The van der Waals surface area contributed by atoms with Gasteiger partial charge in [0.25, 0.3) is 0 Å². The highest BCUT2D eigenvalue weighted by Crippen LogP contribution is 2.27. The van der Waals surface area contributed by atoms with Crippen LogP contribution in [0.25, 0.3) is 0 Å². The highest BCUT2D eigenvalue weighted by atomic mass is 19.1. The number of rotatable bonds is 1. The van der Waals surface area contributed by atoms with Gasteiger partial charge in [-0.1, -0.05) is 0 Å². The summed E-state index contributed by atoms with van der Waals surface area (Å²) in [6.07, 6.45) is 2.93. The Hall–Kier alpha value is -1.16. The molecular weight excluding hydrogens is 205 g/mol. The Balaban J connectivity index is 1.84. The van der Waals surface area contributed by atoms with E-state index in [2.05, 4.69) is 15.2 Å². The van der Waals surface area contributed by atoms with Crippen LogP contribution in [0.15, 0.2) is 12.3 Å². The number of pyridine rings is 1. The van der Waals surface area contributed by atoms with Gasteiger partial charge in [-0.25, -0.2) is 4.98 Å². The molecule has 4 heteroatoms. The lowest BCUT2D eigenvalue weighted by molar-refractivity contribution is 0.473. The van der Waals surface area contributed by atoms with Crippen LogP contribution in [-0.4, -0.2) is 30.7 Å². The molecule has 0 radical (unpaired) electrons. The van der Waals surface area contributed by atoms with E-state index < -0.39 is 0 Å². The monoisotopic (exact) mass is 221 g/mol. The summed E-state index contributed by atoms with van der Waals surface area (Å²) in [5, 5.41) is 3.51. The standard InChI is InChI=1S/C12H16FN3/c1-8-2-11(5-15-12(8)13)16-6-9-3-10(7-16)14-4-9/h2,5,9-10,14H,3-4,6-7H2,1H3/t9-,10-/m1/s1. The Bertz CT molecular complexity index is 395. The summed E-state index contributed by atoms with van der Waals surface area (Å²) < 4.78 is 13.1. The number of piperidine rings is 1. The SMILES string of the molecule is Cc1cc(N2C[C@H]3CN[C@H](C3)C2)cnc1F. The van der Waals surface area contributed by atoms with Crippen molar-refractivity contribution in [2.45, 2.75) is 19.4 Å². The largest absolute Gasteiger partial charge is 0.368 e. The second-order valence-corrected chi connectivity index (χ2v) is 4.91. The molecule has 2 saturated heterocycles. The van der Waals surface area contributed by atoms with E-state index in [0.29, 0.717) is 11.6 Å². The molecule has 86 valence electrons. The highest BCUT2D eigenvalue weighted by Gasteiger charge is 2.32. The minimum Gasteiger partial charge on any atom is -0.368 e. The molecule has 3 rings (SSSR count). The third-order valence-electron chi connectivity index (χ3n) is 3.60. The van der Waals surface area contributed by atoms with Crippen LogP contribution in [0.3, 0.4) is 0 Å². The highest BCUT2D eigenvalue weighted by molar-refractivity contribution is 5.47. The lowest BCUT2D eigenvalue weighted by atomic mass is 9.99. The summed E-state index contributed by atoms with van der Waals surface area (Å²) >= 11 is 0. The van der Waals surface area contributed by atoms with Crippen molar-refractivity contribution in [1.82, 2.24) is 10.3 Å². The first-order valence-electron chi connectivity index (χ1n) is 5.83. The van der Waals surface area contributed by atoms with Crippen LogP contribution in [0, 0.1) is 18.8 Å². The molecule has 2 atom stereocenters. The van der Waals surface area contributed by atoms with Gasteiger partial charge in [0.1, 0.15) is 0 Å². The zero-order chi connectivity index (χ0) is 11.1. The van der Waals surface area contributed by atoms with Gasteiger partial charge in [0.2, 0.25) is 5.95 Å². The van der Waals surface area contributed by atoms with Gasteiger partial charge in [0, 0.05) is 31.2 Å². The Morgan fingerprint density at radius 1 is 1.50 bits per heavy atom. The zero-order valence-corrected chi connectivity index (χ0v) is 9.41. The Morgan fingerprint density at radius 3 is 3.12 bits per heavy atom. The number of aryl methyl sites for hydroxylation is 1. The summed E-state index contributed by atoms with van der Waals surface area (Å²) in [6.45, 7) is 4.97. The van der Waals surface area contributed by atoms with Gasteiger partial charge < -0.3 is 10.2 Å². The van der Waals surface area contributed by atoms with Crippen LogP contribution < -0.4 is 10.2 Å². The van der Waals surface area contributed by atoms with Gasteiger partial charge in [-0.05, 0) is 25.3 Å². The van der Waals surface area contributed by atoms with Crippen molar-refractivity contribution in [1.29, 1.82) is 0 Å². The molecular formula is C12H16FN3. The minimum atomic E-state index is -0.359. The maximum Gasteiger partial charge on any atom is 0.215 e. The van der Waals surface area contributed by atoms with Crippen molar-refractivity contribution >= 4 is 5.69 Å². The summed E-state index contributed by atoms with van der Waals surface area (Å²) in [5.41, 5.74) is 1.68. The Kier molecular flexibility index (Phi) is 2.32. The van der Waals surface area contributed by atoms with E-state index in [9.17, 15) is 4.39 Å². The van der Waals surface area contributed by atoms with Crippen LogP contribution in [0.4, 0.5) is 10.1 Å². The maximum atomic E-state index is 13.1. The summed E-state index contributed by atoms with van der Waals surface area (Å²) in [7, 11) is 0. The van der Waals surface area contributed by atoms with Crippen molar-refractivity contribution in [3.63, 3.8) is 0 Å². The average Bonchev–Trinajstić information content (AvgIpc) is 2.62. The van der Waals surface area contributed by atoms with Gasteiger partial charge in [0.15, 0.2) is 0 Å². The minimum absolute atomic E-state index is 0.359.